The smallest absolute Gasteiger partial charge is 0.251 e. The summed E-state index contributed by atoms with van der Waals surface area (Å²) in [5.41, 5.74) is 2.18. The van der Waals surface area contributed by atoms with Crippen molar-refractivity contribution in [1.82, 2.24) is 10.6 Å². The van der Waals surface area contributed by atoms with E-state index in [1.54, 1.807) is 24.3 Å². The lowest BCUT2D eigenvalue weighted by Gasteiger charge is -2.39. The molecule has 2 amide bonds. The number of halogens is 1. The van der Waals surface area contributed by atoms with Gasteiger partial charge in [-0.05, 0) is 61.6 Å². The molecule has 0 atom stereocenters. The fourth-order valence-corrected chi connectivity index (χ4v) is 4.31. The first-order chi connectivity index (χ1) is 14.5. The number of benzene rings is 2. The van der Waals surface area contributed by atoms with Gasteiger partial charge in [-0.15, -0.1) is 0 Å². The van der Waals surface area contributed by atoms with Crippen LogP contribution in [0.5, 0.6) is 0 Å². The fraction of sp³-hybridized carbons (Fsp3) is 0.417. The second kappa shape index (κ2) is 9.19. The molecular formula is C24H28ClN3O2. The molecule has 2 aromatic carbocycles. The lowest BCUT2D eigenvalue weighted by molar-refractivity contribution is -0.115. The summed E-state index contributed by atoms with van der Waals surface area (Å²) >= 11 is 6.07. The van der Waals surface area contributed by atoms with E-state index >= 15 is 0 Å². The minimum Gasteiger partial charge on any atom is -0.349 e. The molecule has 2 fully saturated rings. The number of nitrogens with one attached hydrogen (secondary N) is 3. The molecule has 5 nitrogen and oxygen atoms in total. The highest BCUT2D eigenvalue weighted by Crippen LogP contribution is 2.37. The summed E-state index contributed by atoms with van der Waals surface area (Å²) in [7, 11) is 0. The summed E-state index contributed by atoms with van der Waals surface area (Å²) < 4.78 is 0. The Balaban J connectivity index is 1.39. The maximum atomic E-state index is 12.7. The average Bonchev–Trinajstić information content (AvgIpc) is 3.58. The van der Waals surface area contributed by atoms with E-state index in [2.05, 4.69) is 28.1 Å². The second-order valence-electron chi connectivity index (χ2n) is 8.38. The van der Waals surface area contributed by atoms with Gasteiger partial charge in [0, 0.05) is 27.9 Å². The van der Waals surface area contributed by atoms with E-state index in [0.717, 1.165) is 38.5 Å². The zero-order valence-corrected chi connectivity index (χ0v) is 17.8. The van der Waals surface area contributed by atoms with Crippen molar-refractivity contribution in [2.75, 3.05) is 11.9 Å². The Morgan fingerprint density at radius 2 is 1.73 bits per heavy atom. The van der Waals surface area contributed by atoms with Crippen LogP contribution in [0.4, 0.5) is 5.69 Å². The predicted molar refractivity (Wildman–Crippen MR) is 120 cm³/mol. The Bertz CT molecular complexity index is 903. The molecule has 4 rings (SSSR count). The van der Waals surface area contributed by atoms with Crippen molar-refractivity contribution in [2.24, 2.45) is 0 Å². The van der Waals surface area contributed by atoms with Gasteiger partial charge in [0.2, 0.25) is 5.91 Å². The maximum absolute atomic E-state index is 12.7. The summed E-state index contributed by atoms with van der Waals surface area (Å²) in [5.74, 6) is -0.204. The van der Waals surface area contributed by atoms with Crippen molar-refractivity contribution < 1.29 is 9.59 Å². The van der Waals surface area contributed by atoms with E-state index in [0.29, 0.717) is 22.3 Å². The van der Waals surface area contributed by atoms with E-state index in [1.807, 2.05) is 12.1 Å². The number of hydrogen-bond acceptors (Lipinski definition) is 3. The van der Waals surface area contributed by atoms with Gasteiger partial charge < -0.3 is 10.6 Å². The van der Waals surface area contributed by atoms with Crippen molar-refractivity contribution >= 4 is 29.1 Å². The quantitative estimate of drug-likeness (QED) is 0.606. The van der Waals surface area contributed by atoms with E-state index in [1.165, 1.54) is 12.0 Å². The summed E-state index contributed by atoms with van der Waals surface area (Å²) in [6, 6.07) is 15.3. The molecule has 0 saturated heterocycles. The first-order valence-electron chi connectivity index (χ1n) is 10.8. The lowest BCUT2D eigenvalue weighted by Crippen LogP contribution is -2.47. The molecular weight excluding hydrogens is 398 g/mol. The first kappa shape index (κ1) is 20.9. The van der Waals surface area contributed by atoms with Crippen LogP contribution in [-0.4, -0.2) is 24.4 Å². The third-order valence-electron chi connectivity index (χ3n) is 6.01. The lowest BCUT2D eigenvalue weighted by atomic mass is 9.76. The first-order valence-corrected chi connectivity index (χ1v) is 11.1. The molecule has 2 aliphatic rings. The molecule has 30 heavy (non-hydrogen) atoms. The summed E-state index contributed by atoms with van der Waals surface area (Å²) in [6.45, 7) is 0.209. The normalized spacial score (nSPS) is 17.9. The number of anilines is 1. The molecule has 2 saturated carbocycles. The molecule has 3 N–H and O–H groups in total. The molecule has 0 aromatic heterocycles. The van der Waals surface area contributed by atoms with Crippen LogP contribution in [0, 0.1) is 0 Å². The molecule has 6 heteroatoms. The maximum Gasteiger partial charge on any atom is 0.251 e. The fourth-order valence-electron chi connectivity index (χ4n) is 4.18. The van der Waals surface area contributed by atoms with Crippen molar-refractivity contribution in [3.63, 3.8) is 0 Å². The number of carbonyl (C=O) groups is 2. The highest BCUT2D eigenvalue weighted by atomic mass is 35.5. The molecule has 0 bridgehead atoms. The molecule has 0 heterocycles. The molecule has 2 aromatic rings. The van der Waals surface area contributed by atoms with Crippen LogP contribution in [0.3, 0.4) is 0 Å². The minimum atomic E-state index is -0.202. The van der Waals surface area contributed by atoms with Gasteiger partial charge in [-0.2, -0.15) is 0 Å². The van der Waals surface area contributed by atoms with Crippen molar-refractivity contribution in [3.8, 4) is 0 Å². The monoisotopic (exact) mass is 425 g/mol. The molecule has 0 aliphatic heterocycles. The van der Waals surface area contributed by atoms with Crippen LogP contribution < -0.4 is 16.0 Å². The second-order valence-corrected chi connectivity index (χ2v) is 8.82. The Morgan fingerprint density at radius 3 is 2.43 bits per heavy atom. The van der Waals surface area contributed by atoms with E-state index in [9.17, 15) is 9.59 Å². The molecule has 0 radical (unpaired) electrons. The number of rotatable bonds is 7. The van der Waals surface area contributed by atoms with Gasteiger partial charge in [-0.25, -0.2) is 0 Å². The van der Waals surface area contributed by atoms with Gasteiger partial charge in [0.25, 0.3) is 5.91 Å². The third-order valence-corrected chi connectivity index (χ3v) is 6.26. The van der Waals surface area contributed by atoms with Crippen LogP contribution in [0.15, 0.2) is 48.5 Å². The van der Waals surface area contributed by atoms with Gasteiger partial charge in [0.15, 0.2) is 0 Å². The van der Waals surface area contributed by atoms with E-state index in [-0.39, 0.29) is 23.9 Å². The Kier molecular flexibility index (Phi) is 6.40. The summed E-state index contributed by atoms with van der Waals surface area (Å²) in [6.07, 6.45) is 7.58. The van der Waals surface area contributed by atoms with E-state index < -0.39 is 0 Å². The third kappa shape index (κ3) is 5.21. The highest BCUT2D eigenvalue weighted by Gasteiger charge is 2.33. The van der Waals surface area contributed by atoms with Gasteiger partial charge >= 0.3 is 0 Å². The largest absolute Gasteiger partial charge is 0.349 e. The van der Waals surface area contributed by atoms with Crippen molar-refractivity contribution in [2.45, 2.75) is 56.5 Å². The van der Waals surface area contributed by atoms with Gasteiger partial charge in [-0.1, -0.05) is 49.1 Å². The minimum absolute atomic E-state index is 0.0874. The Hall–Kier alpha value is -2.37. The Labute approximate surface area is 182 Å². The SMILES string of the molecule is O=C(CNC1(c2ccc(Cl)cc2)CCCCC1)Nc1cccc(C(=O)NC2CC2)c1. The van der Waals surface area contributed by atoms with Crippen LogP contribution >= 0.6 is 11.6 Å². The van der Waals surface area contributed by atoms with Crippen molar-refractivity contribution in [1.29, 1.82) is 0 Å². The molecule has 158 valence electrons. The zero-order valence-electron chi connectivity index (χ0n) is 17.0. The van der Waals surface area contributed by atoms with Crippen LogP contribution in [0.1, 0.15) is 60.9 Å². The van der Waals surface area contributed by atoms with Gasteiger partial charge in [0.05, 0.1) is 6.54 Å². The topological polar surface area (TPSA) is 70.2 Å². The number of carbonyl (C=O) groups excluding carboxylic acids is 2. The zero-order chi connectivity index (χ0) is 21.0. The molecule has 0 unspecified atom stereocenters. The van der Waals surface area contributed by atoms with Crippen molar-refractivity contribution in [3.05, 3.63) is 64.7 Å². The molecule has 2 aliphatic carbocycles. The van der Waals surface area contributed by atoms with Gasteiger partial charge in [0.1, 0.15) is 0 Å². The average molecular weight is 426 g/mol. The summed E-state index contributed by atoms with van der Waals surface area (Å²) in [4.78, 5) is 24.9. The number of amides is 2. The number of hydrogen-bond donors (Lipinski definition) is 3. The van der Waals surface area contributed by atoms with Crippen LogP contribution in [0.25, 0.3) is 0 Å². The van der Waals surface area contributed by atoms with Crippen LogP contribution in [0.2, 0.25) is 5.02 Å². The highest BCUT2D eigenvalue weighted by molar-refractivity contribution is 6.30. The molecule has 0 spiro atoms. The van der Waals surface area contributed by atoms with Gasteiger partial charge in [-0.3, -0.25) is 14.9 Å². The predicted octanol–water partition coefficient (Wildman–Crippen LogP) is 4.62. The standard InChI is InChI=1S/C24H28ClN3O2/c25-19-9-7-18(8-10-19)24(13-2-1-3-14-24)26-16-22(29)27-21-6-4-5-17(15-21)23(30)28-20-11-12-20/h4-10,15,20,26H,1-3,11-14,16H2,(H,27,29)(H,28,30). The van der Waals surface area contributed by atoms with E-state index in [4.69, 9.17) is 11.6 Å². The summed E-state index contributed by atoms with van der Waals surface area (Å²) in [5, 5.41) is 10.1. The van der Waals surface area contributed by atoms with Crippen LogP contribution in [-0.2, 0) is 10.3 Å². The Morgan fingerprint density at radius 1 is 1.00 bits per heavy atom.